The topological polar surface area (TPSA) is 51.9 Å². The Bertz CT molecular complexity index is 1040. The van der Waals surface area contributed by atoms with Crippen LogP contribution >= 0.6 is 0 Å². The number of methoxy groups -OCH3 is 2. The number of nitrogens with zero attached hydrogens (tertiary/aromatic N) is 1. The third kappa shape index (κ3) is 3.48. The second kappa shape index (κ2) is 7.80. The van der Waals surface area contributed by atoms with E-state index in [0.29, 0.717) is 5.75 Å². The lowest BCUT2D eigenvalue weighted by Gasteiger charge is -2.14. The Morgan fingerprint density at radius 3 is 2.36 bits per heavy atom. The van der Waals surface area contributed by atoms with Crippen LogP contribution in [0.25, 0.3) is 27.7 Å². The van der Waals surface area contributed by atoms with Crippen LogP contribution in [0.15, 0.2) is 47.1 Å². The van der Waals surface area contributed by atoms with Crippen molar-refractivity contribution in [1.29, 1.82) is 0 Å². The van der Waals surface area contributed by atoms with Crippen LogP contribution in [0, 0.1) is 6.92 Å². The van der Waals surface area contributed by atoms with E-state index >= 15 is 0 Å². The predicted molar refractivity (Wildman–Crippen MR) is 112 cm³/mol. The van der Waals surface area contributed by atoms with E-state index in [1.807, 2.05) is 44.2 Å². The zero-order valence-electron chi connectivity index (χ0n) is 17.1. The minimum atomic E-state index is -0.0696. The van der Waals surface area contributed by atoms with Crippen molar-refractivity contribution in [3.63, 3.8) is 0 Å². The third-order valence-electron chi connectivity index (χ3n) is 4.85. The van der Waals surface area contributed by atoms with E-state index < -0.39 is 0 Å². The summed E-state index contributed by atoms with van der Waals surface area (Å²) in [5.41, 5.74) is 5.40. The molecule has 0 spiro atoms. The zero-order chi connectivity index (χ0) is 20.4. The summed E-state index contributed by atoms with van der Waals surface area (Å²) in [5.74, 6) is 1.44. The molecule has 2 aromatic carbocycles. The lowest BCUT2D eigenvalue weighted by molar-refractivity contribution is -0.123. The first-order valence-corrected chi connectivity index (χ1v) is 9.00. The highest BCUT2D eigenvalue weighted by atomic mass is 16.5. The number of likely N-dealkylation sites (N-methyl/N-ethyl adjacent to an activating group) is 1. The Morgan fingerprint density at radius 1 is 1.11 bits per heavy atom. The quantitative estimate of drug-likeness (QED) is 0.591. The van der Waals surface area contributed by atoms with Crippen molar-refractivity contribution in [3.05, 3.63) is 53.8 Å². The monoisotopic (exact) mass is 379 g/mol. The molecule has 5 heteroatoms. The maximum absolute atomic E-state index is 12.2. The Kier molecular flexibility index (Phi) is 5.45. The van der Waals surface area contributed by atoms with Crippen LogP contribution in [0.5, 0.6) is 11.5 Å². The predicted octanol–water partition coefficient (Wildman–Crippen LogP) is 4.92. The molecule has 0 atom stereocenters. The highest BCUT2D eigenvalue weighted by molar-refractivity contribution is 6.01. The zero-order valence-corrected chi connectivity index (χ0v) is 17.1. The summed E-state index contributed by atoms with van der Waals surface area (Å²) in [6, 6.07) is 9.87. The molecule has 0 N–H and O–H groups in total. The van der Waals surface area contributed by atoms with Crippen LogP contribution in [0.1, 0.15) is 18.1 Å². The number of amides is 1. The summed E-state index contributed by atoms with van der Waals surface area (Å²) in [5, 5.41) is 0.975. The number of fused-ring (bicyclic) bond motifs is 1. The van der Waals surface area contributed by atoms with Crippen molar-refractivity contribution in [1.82, 2.24) is 4.90 Å². The summed E-state index contributed by atoms with van der Waals surface area (Å²) in [7, 11) is 6.74. The summed E-state index contributed by atoms with van der Waals surface area (Å²) in [6.45, 7) is 3.88. The molecule has 0 saturated heterocycles. The minimum absolute atomic E-state index is 0.0696. The van der Waals surface area contributed by atoms with Gasteiger partial charge in [0, 0.05) is 42.2 Å². The molecule has 0 aliphatic rings. The molecule has 3 rings (SSSR count). The number of carbonyl (C=O) groups excluding carboxylic acids is 1. The van der Waals surface area contributed by atoms with Gasteiger partial charge in [-0.25, -0.2) is 0 Å². The van der Waals surface area contributed by atoms with Gasteiger partial charge in [-0.05, 0) is 43.2 Å². The Labute approximate surface area is 165 Å². The molecule has 0 unspecified atom stereocenters. The highest BCUT2D eigenvalue weighted by Crippen LogP contribution is 2.40. The number of hydrogen-bond acceptors (Lipinski definition) is 4. The van der Waals surface area contributed by atoms with Gasteiger partial charge < -0.3 is 18.8 Å². The first-order chi connectivity index (χ1) is 13.4. The standard InChI is InChI=1S/C23H25NO4/c1-14(11-21(25)24(3)4)18-12-19-20(16-7-9-17(26-5)10-8-16)13-28-23(19)15(2)22(18)27-6/h7-13H,1-6H3/b14-11+. The minimum Gasteiger partial charge on any atom is -0.497 e. The van der Waals surface area contributed by atoms with E-state index in [1.165, 1.54) is 0 Å². The number of hydrogen-bond donors (Lipinski definition) is 0. The van der Waals surface area contributed by atoms with Gasteiger partial charge >= 0.3 is 0 Å². The van der Waals surface area contributed by atoms with E-state index in [-0.39, 0.29) is 5.91 Å². The molecule has 0 saturated carbocycles. The molecule has 1 amide bonds. The first kappa shape index (κ1) is 19.5. The van der Waals surface area contributed by atoms with E-state index in [1.54, 1.807) is 45.6 Å². The van der Waals surface area contributed by atoms with Crippen LogP contribution in [0.3, 0.4) is 0 Å². The van der Waals surface area contributed by atoms with Crippen LogP contribution in [-0.2, 0) is 4.79 Å². The number of allylic oxidation sites excluding steroid dienone is 1. The molecule has 5 nitrogen and oxygen atoms in total. The lowest BCUT2D eigenvalue weighted by atomic mass is 9.96. The molecule has 146 valence electrons. The lowest BCUT2D eigenvalue weighted by Crippen LogP contribution is -2.19. The number of rotatable bonds is 5. The fourth-order valence-electron chi connectivity index (χ4n) is 3.26. The van der Waals surface area contributed by atoms with Crippen molar-refractivity contribution in [3.8, 4) is 22.6 Å². The maximum atomic E-state index is 12.2. The first-order valence-electron chi connectivity index (χ1n) is 9.00. The molecule has 0 bridgehead atoms. The second-order valence-corrected chi connectivity index (χ2v) is 6.90. The second-order valence-electron chi connectivity index (χ2n) is 6.90. The molecular formula is C23H25NO4. The van der Waals surface area contributed by atoms with E-state index in [0.717, 1.165) is 44.5 Å². The van der Waals surface area contributed by atoms with Gasteiger partial charge in [-0.2, -0.15) is 0 Å². The number of carbonyl (C=O) groups is 1. The van der Waals surface area contributed by atoms with Crippen molar-refractivity contribution in [2.45, 2.75) is 13.8 Å². The molecule has 0 aliphatic carbocycles. The van der Waals surface area contributed by atoms with E-state index in [4.69, 9.17) is 13.9 Å². The van der Waals surface area contributed by atoms with Crippen LogP contribution < -0.4 is 9.47 Å². The maximum Gasteiger partial charge on any atom is 0.246 e. The van der Waals surface area contributed by atoms with Gasteiger partial charge in [0.25, 0.3) is 0 Å². The number of benzene rings is 2. The molecule has 0 fully saturated rings. The van der Waals surface area contributed by atoms with Gasteiger partial charge in [0.2, 0.25) is 5.91 Å². The normalized spacial score (nSPS) is 11.6. The van der Waals surface area contributed by atoms with Gasteiger partial charge in [-0.1, -0.05) is 12.1 Å². The average Bonchev–Trinajstić information content (AvgIpc) is 3.12. The fourth-order valence-corrected chi connectivity index (χ4v) is 3.26. The van der Waals surface area contributed by atoms with Crippen LogP contribution in [0.2, 0.25) is 0 Å². The summed E-state index contributed by atoms with van der Waals surface area (Å²) < 4.78 is 16.8. The SMILES string of the molecule is COc1ccc(-c2coc3c(C)c(OC)c(/C(C)=C/C(=O)N(C)C)cc23)cc1. The van der Waals surface area contributed by atoms with Gasteiger partial charge in [0.15, 0.2) is 0 Å². The largest absolute Gasteiger partial charge is 0.497 e. The summed E-state index contributed by atoms with van der Waals surface area (Å²) in [6.07, 6.45) is 3.38. The van der Waals surface area contributed by atoms with Gasteiger partial charge in [-0.15, -0.1) is 0 Å². The highest BCUT2D eigenvalue weighted by Gasteiger charge is 2.19. The molecule has 1 aromatic heterocycles. The van der Waals surface area contributed by atoms with Crippen molar-refractivity contribution < 1.29 is 18.7 Å². The molecule has 0 aliphatic heterocycles. The third-order valence-corrected chi connectivity index (χ3v) is 4.85. The van der Waals surface area contributed by atoms with Gasteiger partial charge in [0.05, 0.1) is 20.5 Å². The summed E-state index contributed by atoms with van der Waals surface area (Å²) >= 11 is 0. The van der Waals surface area contributed by atoms with E-state index in [9.17, 15) is 4.79 Å². The number of aryl methyl sites for hydroxylation is 1. The Balaban J connectivity index is 2.20. The van der Waals surface area contributed by atoms with Crippen LogP contribution in [0.4, 0.5) is 0 Å². The number of furan rings is 1. The van der Waals surface area contributed by atoms with Crippen molar-refractivity contribution in [2.75, 3.05) is 28.3 Å². The fraction of sp³-hybridized carbons (Fsp3) is 0.261. The smallest absolute Gasteiger partial charge is 0.246 e. The number of ether oxygens (including phenoxy) is 2. The van der Waals surface area contributed by atoms with Gasteiger partial charge in [-0.3, -0.25) is 4.79 Å². The van der Waals surface area contributed by atoms with E-state index in [2.05, 4.69) is 0 Å². The van der Waals surface area contributed by atoms with Crippen molar-refractivity contribution in [2.24, 2.45) is 0 Å². The van der Waals surface area contributed by atoms with Gasteiger partial charge in [0.1, 0.15) is 17.1 Å². The Hall–Kier alpha value is -3.21. The molecular weight excluding hydrogens is 354 g/mol. The Morgan fingerprint density at radius 2 is 1.79 bits per heavy atom. The van der Waals surface area contributed by atoms with Crippen molar-refractivity contribution >= 4 is 22.4 Å². The van der Waals surface area contributed by atoms with Crippen LogP contribution in [-0.4, -0.2) is 39.1 Å². The average molecular weight is 379 g/mol. The molecule has 28 heavy (non-hydrogen) atoms. The molecule has 1 heterocycles. The summed E-state index contributed by atoms with van der Waals surface area (Å²) in [4.78, 5) is 13.7. The molecule has 3 aromatic rings. The molecule has 0 radical (unpaired) electrons.